The molecule has 12 heteroatoms. The van der Waals surface area contributed by atoms with E-state index in [-0.39, 0.29) is 22.5 Å². The van der Waals surface area contributed by atoms with Gasteiger partial charge in [0.1, 0.15) is 28.1 Å². The first-order valence-electron chi connectivity index (χ1n) is 15.1. The molecule has 0 amide bonds. The number of halogens is 2. The normalized spacial score (nSPS) is 37.7. The average Bonchev–Trinajstić information content (AvgIpc) is 3.56. The summed E-state index contributed by atoms with van der Waals surface area (Å²) in [5.41, 5.74) is 0.883. The number of hydrogen-bond acceptors (Lipinski definition) is 9. The third-order valence-electron chi connectivity index (χ3n) is 11.3. The molecule has 0 spiro atoms. The molecule has 232 valence electrons. The van der Waals surface area contributed by atoms with Crippen LogP contribution in [0.4, 0.5) is 0 Å². The van der Waals surface area contributed by atoms with E-state index in [4.69, 9.17) is 14.2 Å². The molecule has 0 radical (unpaired) electrons. The molecule has 2 aromatic carbocycles. The molecular weight excluding hydrogens is 814 g/mol. The average molecular weight is 843 g/mol. The van der Waals surface area contributed by atoms with Gasteiger partial charge in [-0.3, -0.25) is 9.59 Å². The zero-order chi connectivity index (χ0) is 30.7. The van der Waals surface area contributed by atoms with Crippen LogP contribution in [0.3, 0.4) is 0 Å². The van der Waals surface area contributed by atoms with Gasteiger partial charge in [0, 0.05) is 19.0 Å². The smallest absolute Gasteiger partial charge is 0.340 e. The highest BCUT2D eigenvalue weighted by Crippen LogP contribution is 2.61. The molecule has 7 aliphatic rings. The molecule has 1 saturated heterocycles. The van der Waals surface area contributed by atoms with Crippen LogP contribution in [0.5, 0.6) is 5.75 Å². The molecule has 6 atom stereocenters. The maximum atomic E-state index is 13.8. The lowest BCUT2D eigenvalue weighted by Gasteiger charge is -2.55. The van der Waals surface area contributed by atoms with Gasteiger partial charge >= 0.3 is 17.9 Å². The standard InChI is InChI=1S/C32H30I2O9S/c33-21-2-1-3-22(34)27(21)32(37)43-29-19-12-20-26(31(36)42-28(20)29)25(19)30(35)41-17-4-5-23(44(38,39)40)18(11-17)24-15-7-13-6-14(9-15)10-16(24)8-13/h1-5,11,13-16,19-20,24-26,28-29H,6-10,12H2,(H,38,39,40)/p-1. The van der Waals surface area contributed by atoms with Crippen LogP contribution < -0.4 is 4.74 Å². The van der Waals surface area contributed by atoms with Crippen molar-refractivity contribution < 1.29 is 41.6 Å². The lowest BCUT2D eigenvalue weighted by molar-refractivity contribution is -0.149. The minimum atomic E-state index is -4.75. The third-order valence-corrected chi connectivity index (χ3v) is 14.0. The number of esters is 3. The molecule has 6 bridgehead atoms. The minimum absolute atomic E-state index is 0.0689. The van der Waals surface area contributed by atoms with Crippen molar-refractivity contribution in [2.45, 2.75) is 61.5 Å². The number of rotatable bonds is 6. The Hall–Kier alpha value is -1.78. The summed E-state index contributed by atoms with van der Waals surface area (Å²) < 4.78 is 56.0. The number of ether oxygens (including phenoxy) is 3. The van der Waals surface area contributed by atoms with Gasteiger partial charge in [-0.15, -0.1) is 0 Å². The van der Waals surface area contributed by atoms with Gasteiger partial charge in [0.25, 0.3) is 0 Å². The van der Waals surface area contributed by atoms with Crippen LogP contribution in [0.15, 0.2) is 41.3 Å². The molecule has 6 aliphatic carbocycles. The first-order chi connectivity index (χ1) is 21.0. The van der Waals surface area contributed by atoms with Gasteiger partial charge in [0.2, 0.25) is 0 Å². The van der Waals surface area contributed by atoms with Gasteiger partial charge in [-0.25, -0.2) is 13.2 Å². The Kier molecular flexibility index (Phi) is 7.15. The Morgan fingerprint density at radius 1 is 0.886 bits per heavy atom. The summed E-state index contributed by atoms with van der Waals surface area (Å²) in [5, 5.41) is 0. The summed E-state index contributed by atoms with van der Waals surface area (Å²) in [7, 11) is -4.75. The Balaban J connectivity index is 1.07. The van der Waals surface area contributed by atoms with Crippen molar-refractivity contribution in [3.8, 4) is 5.75 Å². The predicted octanol–water partition coefficient (Wildman–Crippen LogP) is 5.28. The molecule has 0 aromatic heterocycles. The van der Waals surface area contributed by atoms with E-state index in [1.807, 2.05) is 18.2 Å². The van der Waals surface area contributed by atoms with Gasteiger partial charge in [0.15, 0.2) is 0 Å². The molecule has 7 fully saturated rings. The lowest BCUT2D eigenvalue weighted by atomic mass is 9.51. The summed E-state index contributed by atoms with van der Waals surface area (Å²) in [6.45, 7) is 0. The van der Waals surface area contributed by atoms with Crippen LogP contribution >= 0.6 is 45.2 Å². The number of carbonyl (C=O) groups excluding carboxylic acids is 3. The van der Waals surface area contributed by atoms with E-state index in [9.17, 15) is 27.4 Å². The van der Waals surface area contributed by atoms with E-state index in [0.29, 0.717) is 41.2 Å². The Labute approximate surface area is 282 Å². The van der Waals surface area contributed by atoms with Crippen LogP contribution in [0, 0.1) is 54.5 Å². The Bertz CT molecular complexity index is 1660. The topological polar surface area (TPSA) is 136 Å². The highest BCUT2D eigenvalue weighted by Gasteiger charge is 2.70. The van der Waals surface area contributed by atoms with Crippen molar-refractivity contribution >= 4 is 73.2 Å². The third kappa shape index (κ3) is 4.66. The zero-order valence-corrected chi connectivity index (χ0v) is 28.5. The van der Waals surface area contributed by atoms with Crippen molar-refractivity contribution in [2.75, 3.05) is 0 Å². The monoisotopic (exact) mass is 843 g/mol. The molecule has 44 heavy (non-hydrogen) atoms. The zero-order valence-electron chi connectivity index (χ0n) is 23.4. The van der Waals surface area contributed by atoms with Crippen LogP contribution in [0.1, 0.15) is 60.4 Å². The number of fused-ring (bicyclic) bond motifs is 1. The van der Waals surface area contributed by atoms with Crippen LogP contribution in [0.25, 0.3) is 0 Å². The summed E-state index contributed by atoms with van der Waals surface area (Å²) in [6, 6.07) is 9.65. The van der Waals surface area contributed by atoms with Crippen molar-refractivity contribution in [2.24, 2.45) is 47.3 Å². The molecule has 6 unspecified atom stereocenters. The second-order valence-corrected chi connectivity index (χ2v) is 17.2. The fourth-order valence-corrected chi connectivity index (χ4v) is 12.7. The van der Waals surface area contributed by atoms with Crippen LogP contribution in [-0.2, 0) is 29.2 Å². The molecule has 2 aromatic rings. The molecule has 1 heterocycles. The summed E-state index contributed by atoms with van der Waals surface area (Å²) in [5.74, 6) is -1.92. The first-order valence-corrected chi connectivity index (χ1v) is 18.7. The van der Waals surface area contributed by atoms with Crippen molar-refractivity contribution in [3.05, 3.63) is 54.7 Å². The largest absolute Gasteiger partial charge is 0.744 e. The lowest BCUT2D eigenvalue weighted by Crippen LogP contribution is -2.44. The molecule has 0 N–H and O–H groups in total. The first kappa shape index (κ1) is 29.6. The van der Waals surface area contributed by atoms with Gasteiger partial charge in [-0.05, 0) is 149 Å². The van der Waals surface area contributed by atoms with Gasteiger partial charge in [-0.2, -0.15) is 0 Å². The van der Waals surface area contributed by atoms with E-state index < -0.39 is 58.0 Å². The van der Waals surface area contributed by atoms with Gasteiger partial charge < -0.3 is 18.8 Å². The SMILES string of the molecule is O=C(OC1C2CC3C1OC(=O)C3C2C(=O)Oc1ccc(S(=O)(=O)[O-])c(C2C3CC4CC(C3)CC2C4)c1)c1c(I)cccc1I. The Morgan fingerprint density at radius 2 is 1.55 bits per heavy atom. The van der Waals surface area contributed by atoms with Crippen molar-refractivity contribution in [1.29, 1.82) is 0 Å². The molecule has 9 nitrogen and oxygen atoms in total. The summed E-state index contributed by atoms with van der Waals surface area (Å²) in [4.78, 5) is 39.8. The Morgan fingerprint density at radius 3 is 2.18 bits per heavy atom. The van der Waals surface area contributed by atoms with Crippen molar-refractivity contribution in [1.82, 2.24) is 0 Å². The second kappa shape index (κ2) is 10.6. The van der Waals surface area contributed by atoms with Gasteiger partial charge in [0.05, 0.1) is 22.3 Å². The second-order valence-electron chi connectivity index (χ2n) is 13.5. The molecule has 6 saturated carbocycles. The minimum Gasteiger partial charge on any atom is -0.744 e. The van der Waals surface area contributed by atoms with E-state index in [2.05, 4.69) is 45.2 Å². The maximum absolute atomic E-state index is 13.8. The summed E-state index contributed by atoms with van der Waals surface area (Å²) in [6.07, 6.45) is 4.45. The van der Waals surface area contributed by atoms with Crippen LogP contribution in [-0.4, -0.2) is 43.1 Å². The number of benzene rings is 2. The highest BCUT2D eigenvalue weighted by atomic mass is 127. The van der Waals surface area contributed by atoms with Crippen molar-refractivity contribution in [3.63, 3.8) is 0 Å². The molecular formula is C32H29I2O9S-. The fourth-order valence-electron chi connectivity index (χ4n) is 10.0. The fraction of sp³-hybridized carbons (Fsp3) is 0.531. The number of carbonyl (C=O) groups is 3. The molecule has 9 rings (SSSR count). The molecule has 1 aliphatic heterocycles. The summed E-state index contributed by atoms with van der Waals surface area (Å²) >= 11 is 4.16. The maximum Gasteiger partial charge on any atom is 0.340 e. The quantitative estimate of drug-likeness (QED) is 0.165. The highest BCUT2D eigenvalue weighted by molar-refractivity contribution is 14.1. The van der Waals surface area contributed by atoms with E-state index in [1.165, 1.54) is 18.6 Å². The van der Waals surface area contributed by atoms with E-state index >= 15 is 0 Å². The van der Waals surface area contributed by atoms with Gasteiger partial charge in [-0.1, -0.05) is 6.07 Å². The van der Waals surface area contributed by atoms with E-state index in [1.54, 1.807) is 6.07 Å². The number of hydrogen-bond donors (Lipinski definition) is 0. The predicted molar refractivity (Wildman–Crippen MR) is 169 cm³/mol. The van der Waals surface area contributed by atoms with E-state index in [0.717, 1.165) is 32.8 Å². The van der Waals surface area contributed by atoms with Crippen LogP contribution in [0.2, 0.25) is 0 Å².